The SMILES string of the molecule is C[C@@H](C=NNC(=O)c1nnn(-c2nonc2N)c1CN1CCCCCC1)c1ccccc1. The van der Waals surface area contributed by atoms with E-state index in [4.69, 9.17) is 10.4 Å². The molecule has 1 aliphatic heterocycles. The fraction of sp³-hybridized carbons (Fsp3) is 0.429. The van der Waals surface area contributed by atoms with Crippen molar-refractivity contribution < 1.29 is 9.42 Å². The third-order valence-electron chi connectivity index (χ3n) is 5.54. The Morgan fingerprint density at radius 1 is 1.22 bits per heavy atom. The van der Waals surface area contributed by atoms with Gasteiger partial charge < -0.3 is 5.73 Å². The molecule has 11 nitrogen and oxygen atoms in total. The summed E-state index contributed by atoms with van der Waals surface area (Å²) >= 11 is 0. The van der Waals surface area contributed by atoms with Crippen LogP contribution in [0.1, 0.15) is 60.3 Å². The lowest BCUT2D eigenvalue weighted by Gasteiger charge is -2.20. The van der Waals surface area contributed by atoms with Crippen molar-refractivity contribution in [2.24, 2.45) is 5.10 Å². The predicted octanol–water partition coefficient (Wildman–Crippen LogP) is 2.13. The number of nitrogens with two attached hydrogens (primary N) is 1. The Hall–Kier alpha value is -3.60. The van der Waals surface area contributed by atoms with Gasteiger partial charge in [-0.15, -0.1) is 5.10 Å². The molecule has 3 N–H and O–H groups in total. The standard InChI is InChI=1S/C21H27N9O2/c1-15(16-9-5-4-6-10-16)13-23-25-21(31)18-17(14-29-11-7-2-3-8-12-29)30(28-24-18)20-19(22)26-32-27-20/h4-6,9-10,13,15H,2-3,7-8,11-12,14H2,1H3,(H2,22,26)(H,25,31)/t15-/m0/s1. The zero-order chi connectivity index (χ0) is 22.3. The molecule has 168 valence electrons. The molecule has 3 heterocycles. The molecule has 1 aliphatic rings. The second-order valence-electron chi connectivity index (χ2n) is 7.88. The summed E-state index contributed by atoms with van der Waals surface area (Å²) in [6, 6.07) is 9.92. The van der Waals surface area contributed by atoms with E-state index in [1.54, 1.807) is 6.21 Å². The fourth-order valence-electron chi connectivity index (χ4n) is 3.74. The Balaban J connectivity index is 1.54. The number of benzene rings is 1. The Bertz CT molecular complexity index is 1050. The first-order valence-electron chi connectivity index (χ1n) is 10.8. The predicted molar refractivity (Wildman–Crippen MR) is 118 cm³/mol. The largest absolute Gasteiger partial charge is 0.378 e. The molecule has 0 radical (unpaired) electrons. The first-order chi connectivity index (χ1) is 15.6. The molecule has 11 heteroatoms. The Kier molecular flexibility index (Phi) is 6.85. The summed E-state index contributed by atoms with van der Waals surface area (Å²) in [6.07, 6.45) is 6.31. The summed E-state index contributed by atoms with van der Waals surface area (Å²) in [6.45, 7) is 4.36. The van der Waals surface area contributed by atoms with Crippen molar-refractivity contribution in [2.45, 2.75) is 45.1 Å². The number of carbonyl (C=O) groups is 1. The summed E-state index contributed by atoms with van der Waals surface area (Å²) in [5.41, 5.74) is 10.3. The normalized spacial score (nSPS) is 16.2. The van der Waals surface area contributed by atoms with E-state index < -0.39 is 5.91 Å². The molecule has 0 saturated carbocycles. The highest BCUT2D eigenvalue weighted by Crippen LogP contribution is 2.20. The minimum absolute atomic E-state index is 0.0461. The number of hydrazone groups is 1. The zero-order valence-electron chi connectivity index (χ0n) is 18.0. The molecule has 2 aromatic heterocycles. The number of nitrogens with one attached hydrogen (secondary N) is 1. The maximum absolute atomic E-state index is 12.9. The van der Waals surface area contributed by atoms with E-state index in [1.807, 2.05) is 37.3 Å². The van der Waals surface area contributed by atoms with Crippen molar-refractivity contribution in [3.63, 3.8) is 0 Å². The van der Waals surface area contributed by atoms with Gasteiger partial charge in [0.15, 0.2) is 5.69 Å². The number of anilines is 1. The first-order valence-corrected chi connectivity index (χ1v) is 10.8. The van der Waals surface area contributed by atoms with Crippen LogP contribution in [0.3, 0.4) is 0 Å². The van der Waals surface area contributed by atoms with E-state index >= 15 is 0 Å². The monoisotopic (exact) mass is 437 g/mol. The van der Waals surface area contributed by atoms with Crippen molar-refractivity contribution in [1.82, 2.24) is 35.6 Å². The Morgan fingerprint density at radius 3 is 2.66 bits per heavy atom. The van der Waals surface area contributed by atoms with Crippen molar-refractivity contribution in [3.05, 3.63) is 47.3 Å². The fourth-order valence-corrected chi connectivity index (χ4v) is 3.74. The van der Waals surface area contributed by atoms with Crippen LogP contribution in [-0.4, -0.2) is 55.4 Å². The number of aromatic nitrogens is 5. The molecular weight excluding hydrogens is 410 g/mol. The molecule has 1 atom stereocenters. The molecule has 1 aromatic carbocycles. The van der Waals surface area contributed by atoms with Crippen LogP contribution in [0.2, 0.25) is 0 Å². The van der Waals surface area contributed by atoms with E-state index in [0.717, 1.165) is 31.5 Å². The first kappa shape index (κ1) is 21.6. The van der Waals surface area contributed by atoms with Crippen molar-refractivity contribution in [1.29, 1.82) is 0 Å². The number of rotatable bonds is 7. The molecule has 3 aromatic rings. The third-order valence-corrected chi connectivity index (χ3v) is 5.54. The van der Waals surface area contributed by atoms with Crippen LogP contribution < -0.4 is 11.2 Å². The minimum atomic E-state index is -0.451. The van der Waals surface area contributed by atoms with Gasteiger partial charge in [-0.1, -0.05) is 55.3 Å². The number of nitrogens with zero attached hydrogens (tertiary/aromatic N) is 7. The second-order valence-corrected chi connectivity index (χ2v) is 7.88. The lowest BCUT2D eigenvalue weighted by atomic mass is 10.0. The van der Waals surface area contributed by atoms with Gasteiger partial charge in [0, 0.05) is 18.7 Å². The van der Waals surface area contributed by atoms with Crippen LogP contribution in [0.5, 0.6) is 0 Å². The molecular formula is C21H27N9O2. The second kappa shape index (κ2) is 10.1. The number of carbonyl (C=O) groups excluding carboxylic acids is 1. The van der Waals surface area contributed by atoms with E-state index in [9.17, 15) is 4.79 Å². The van der Waals surface area contributed by atoms with Gasteiger partial charge in [-0.3, -0.25) is 9.69 Å². The molecule has 0 unspecified atom stereocenters. The van der Waals surface area contributed by atoms with Crippen molar-refractivity contribution in [3.8, 4) is 5.82 Å². The van der Waals surface area contributed by atoms with Crippen molar-refractivity contribution in [2.75, 3.05) is 18.8 Å². The van der Waals surface area contributed by atoms with Crippen LogP contribution in [0, 0.1) is 0 Å². The molecule has 0 spiro atoms. The van der Waals surface area contributed by atoms with E-state index in [1.165, 1.54) is 17.5 Å². The average molecular weight is 438 g/mol. The van der Waals surface area contributed by atoms with Gasteiger partial charge >= 0.3 is 0 Å². The van der Waals surface area contributed by atoms with Crippen LogP contribution in [0.25, 0.3) is 5.82 Å². The van der Waals surface area contributed by atoms with Gasteiger partial charge in [-0.05, 0) is 41.8 Å². The van der Waals surface area contributed by atoms with E-state index in [0.29, 0.717) is 12.2 Å². The Labute approximate surface area is 185 Å². The topological polar surface area (TPSA) is 140 Å². The molecule has 1 amide bonds. The number of likely N-dealkylation sites (tertiary alicyclic amines) is 1. The summed E-state index contributed by atoms with van der Waals surface area (Å²) in [7, 11) is 0. The molecule has 0 aliphatic carbocycles. The van der Waals surface area contributed by atoms with Gasteiger partial charge in [0.1, 0.15) is 0 Å². The van der Waals surface area contributed by atoms with Gasteiger partial charge in [0.05, 0.1) is 5.69 Å². The van der Waals surface area contributed by atoms with Crippen LogP contribution in [0.4, 0.5) is 5.82 Å². The number of amides is 1. The summed E-state index contributed by atoms with van der Waals surface area (Å²) in [5.74, 6) is -0.117. The number of hydrogen-bond donors (Lipinski definition) is 2. The van der Waals surface area contributed by atoms with Crippen molar-refractivity contribution >= 4 is 17.9 Å². The lowest BCUT2D eigenvalue weighted by molar-refractivity contribution is 0.0947. The highest BCUT2D eigenvalue weighted by atomic mass is 16.6. The number of hydrogen-bond acceptors (Lipinski definition) is 9. The minimum Gasteiger partial charge on any atom is -0.378 e. The van der Waals surface area contributed by atoms with Crippen LogP contribution in [-0.2, 0) is 6.54 Å². The molecule has 4 rings (SSSR count). The van der Waals surface area contributed by atoms with Crippen LogP contribution >= 0.6 is 0 Å². The third kappa shape index (κ3) is 4.99. The quantitative estimate of drug-likeness (QED) is 0.423. The maximum atomic E-state index is 12.9. The maximum Gasteiger partial charge on any atom is 0.293 e. The van der Waals surface area contributed by atoms with Gasteiger partial charge in [-0.25, -0.2) is 10.1 Å². The van der Waals surface area contributed by atoms with Gasteiger partial charge in [-0.2, -0.15) is 9.78 Å². The van der Waals surface area contributed by atoms with E-state index in [2.05, 4.69) is 36.1 Å². The molecule has 1 saturated heterocycles. The smallest absolute Gasteiger partial charge is 0.293 e. The zero-order valence-corrected chi connectivity index (χ0v) is 18.0. The lowest BCUT2D eigenvalue weighted by Crippen LogP contribution is -2.28. The number of nitrogen functional groups attached to an aromatic ring is 1. The highest BCUT2D eigenvalue weighted by molar-refractivity contribution is 5.93. The van der Waals surface area contributed by atoms with Gasteiger partial charge in [0.25, 0.3) is 5.91 Å². The molecule has 1 fully saturated rings. The van der Waals surface area contributed by atoms with Crippen LogP contribution in [0.15, 0.2) is 40.1 Å². The molecule has 0 bridgehead atoms. The summed E-state index contributed by atoms with van der Waals surface area (Å²) in [5, 5.41) is 19.8. The summed E-state index contributed by atoms with van der Waals surface area (Å²) in [4.78, 5) is 15.2. The van der Waals surface area contributed by atoms with E-state index in [-0.39, 0.29) is 23.2 Å². The Morgan fingerprint density at radius 2 is 1.97 bits per heavy atom. The summed E-state index contributed by atoms with van der Waals surface area (Å²) < 4.78 is 6.14. The molecule has 32 heavy (non-hydrogen) atoms. The highest BCUT2D eigenvalue weighted by Gasteiger charge is 2.25. The van der Waals surface area contributed by atoms with Gasteiger partial charge in [0.2, 0.25) is 11.6 Å². The average Bonchev–Trinajstić information content (AvgIpc) is 3.31.